The third-order valence-electron chi connectivity index (χ3n) is 9.25. The Morgan fingerprint density at radius 1 is 0.644 bits per heavy atom. The minimum absolute atomic E-state index is 0.0902. The molecule has 0 fully saturated rings. The Hall–Kier alpha value is -6.05. The zero-order chi connectivity index (χ0) is 41.2. The molecule has 0 aliphatic heterocycles. The number of benzene rings is 5. The number of aliphatic hydroxyl groups is 1. The lowest BCUT2D eigenvalue weighted by Crippen LogP contribution is -2.33. The molecular formula is C47H52N2O10. The van der Waals surface area contributed by atoms with Gasteiger partial charge < -0.3 is 53.8 Å². The SMILES string of the molecule is CC(COCCOCCNC[C@@H](O)COc1ccc(OCCc2ccccc2)c(OCCc2ccccc2)c1)N=c1cc(-c2ccccc2)oc2cc(O)c(O)c(O)c12. The normalized spacial score (nSPS) is 12.7. The van der Waals surface area contributed by atoms with Crippen LogP contribution < -0.4 is 24.9 Å². The predicted octanol–water partition coefficient (Wildman–Crippen LogP) is 6.81. The van der Waals surface area contributed by atoms with Crippen LogP contribution >= 0.6 is 0 Å². The molecule has 59 heavy (non-hydrogen) atoms. The van der Waals surface area contributed by atoms with Crippen LogP contribution in [0.4, 0.5) is 0 Å². The van der Waals surface area contributed by atoms with Gasteiger partial charge in [0.05, 0.1) is 56.4 Å². The highest BCUT2D eigenvalue weighted by Crippen LogP contribution is 2.40. The van der Waals surface area contributed by atoms with Gasteiger partial charge in [-0.2, -0.15) is 0 Å². The van der Waals surface area contributed by atoms with E-state index < -0.39 is 23.4 Å². The third kappa shape index (κ3) is 13.0. The quantitative estimate of drug-likeness (QED) is 0.0342. The van der Waals surface area contributed by atoms with Gasteiger partial charge in [-0.3, -0.25) is 4.99 Å². The fourth-order valence-corrected chi connectivity index (χ4v) is 6.21. The number of rotatable bonds is 23. The van der Waals surface area contributed by atoms with Gasteiger partial charge in [-0.15, -0.1) is 0 Å². The minimum atomic E-state index is -0.747. The Labute approximate surface area is 343 Å². The zero-order valence-corrected chi connectivity index (χ0v) is 33.2. The molecule has 6 aromatic rings. The van der Waals surface area contributed by atoms with Crippen LogP contribution in [-0.4, -0.2) is 91.9 Å². The van der Waals surface area contributed by atoms with Gasteiger partial charge in [-0.25, -0.2) is 0 Å². The molecule has 0 radical (unpaired) electrons. The fourth-order valence-electron chi connectivity index (χ4n) is 6.21. The first-order chi connectivity index (χ1) is 28.8. The van der Waals surface area contributed by atoms with Gasteiger partial charge in [0.2, 0.25) is 5.75 Å². The van der Waals surface area contributed by atoms with Crippen molar-refractivity contribution in [3.63, 3.8) is 0 Å². The van der Waals surface area contributed by atoms with Gasteiger partial charge in [0.1, 0.15) is 29.8 Å². The van der Waals surface area contributed by atoms with Crippen LogP contribution in [0.25, 0.3) is 22.3 Å². The predicted molar refractivity (Wildman–Crippen MR) is 225 cm³/mol. The zero-order valence-electron chi connectivity index (χ0n) is 33.2. The van der Waals surface area contributed by atoms with Gasteiger partial charge in [-0.05, 0) is 30.2 Å². The molecule has 1 aromatic heterocycles. The standard InChI is InChI=1S/C47H52N2O10/c1-33(49-39-28-42(36-15-9-4-10-16-36)59-44-29-40(51)46(52)47(53)45(39)44)31-55-26-25-54-24-21-48-30-37(50)32-58-38-17-18-41(56-22-19-34-11-5-2-6-12-34)43(27-38)57-23-20-35-13-7-3-8-14-35/h2-18,27-29,33,37,48,50-53H,19-26,30-32H2,1H3/t33?,37-/m1/s1. The Morgan fingerprint density at radius 2 is 1.29 bits per heavy atom. The third-order valence-corrected chi connectivity index (χ3v) is 9.25. The van der Waals surface area contributed by atoms with Crippen molar-refractivity contribution in [3.8, 4) is 45.8 Å². The van der Waals surface area contributed by atoms with Crippen LogP contribution in [0.5, 0.6) is 34.5 Å². The molecule has 12 heteroatoms. The Morgan fingerprint density at radius 3 is 1.98 bits per heavy atom. The summed E-state index contributed by atoms with van der Waals surface area (Å²) in [6.07, 6.45) is 0.775. The van der Waals surface area contributed by atoms with Crippen LogP contribution in [0.3, 0.4) is 0 Å². The summed E-state index contributed by atoms with van der Waals surface area (Å²) in [7, 11) is 0. The molecule has 0 aliphatic carbocycles. The molecule has 0 saturated carbocycles. The first kappa shape index (κ1) is 42.6. The molecule has 0 saturated heterocycles. The van der Waals surface area contributed by atoms with Crippen molar-refractivity contribution >= 4 is 11.0 Å². The van der Waals surface area contributed by atoms with E-state index in [0.29, 0.717) is 74.5 Å². The second kappa shape index (κ2) is 22.2. The second-order valence-corrected chi connectivity index (χ2v) is 13.9. The Balaban J connectivity index is 0.899. The number of aliphatic hydroxyl groups excluding tert-OH is 1. The summed E-state index contributed by atoms with van der Waals surface area (Å²) in [5.74, 6) is 0.620. The summed E-state index contributed by atoms with van der Waals surface area (Å²) in [5.41, 5.74) is 3.34. The highest BCUT2D eigenvalue weighted by atomic mass is 16.5. The lowest BCUT2D eigenvalue weighted by Gasteiger charge is -2.17. The van der Waals surface area contributed by atoms with E-state index in [0.717, 1.165) is 18.4 Å². The van der Waals surface area contributed by atoms with Crippen molar-refractivity contribution in [2.75, 3.05) is 59.3 Å². The molecule has 5 N–H and O–H groups in total. The van der Waals surface area contributed by atoms with E-state index in [1.807, 2.05) is 85.8 Å². The topological polar surface area (TPSA) is 165 Å². The van der Waals surface area contributed by atoms with Crippen LogP contribution in [-0.2, 0) is 22.3 Å². The maximum absolute atomic E-state index is 10.6. The number of nitrogens with zero attached hydrogens (tertiary/aromatic N) is 1. The van der Waals surface area contributed by atoms with E-state index in [4.69, 9.17) is 33.1 Å². The molecule has 1 heterocycles. The van der Waals surface area contributed by atoms with E-state index in [-0.39, 0.29) is 30.2 Å². The highest BCUT2D eigenvalue weighted by molar-refractivity contribution is 5.89. The number of hydrogen-bond acceptors (Lipinski definition) is 12. The number of ether oxygens (including phenoxy) is 5. The van der Waals surface area contributed by atoms with Gasteiger partial charge in [0, 0.05) is 49.7 Å². The first-order valence-corrected chi connectivity index (χ1v) is 19.8. The molecule has 12 nitrogen and oxygen atoms in total. The molecule has 310 valence electrons. The average molecular weight is 805 g/mol. The monoisotopic (exact) mass is 804 g/mol. The summed E-state index contributed by atoms with van der Waals surface area (Å²) in [6.45, 7) is 5.18. The van der Waals surface area contributed by atoms with Crippen molar-refractivity contribution in [3.05, 3.63) is 138 Å². The van der Waals surface area contributed by atoms with E-state index in [2.05, 4.69) is 29.6 Å². The van der Waals surface area contributed by atoms with Crippen molar-refractivity contribution in [1.29, 1.82) is 0 Å². The fraction of sp³-hybridized carbons (Fsp3) is 0.298. The Bertz CT molecular complexity index is 2250. The minimum Gasteiger partial charge on any atom is -0.504 e. The number of fused-ring (bicyclic) bond motifs is 1. The Kier molecular flexibility index (Phi) is 16.0. The largest absolute Gasteiger partial charge is 0.504 e. The number of phenols is 3. The summed E-state index contributed by atoms with van der Waals surface area (Å²) in [4.78, 5) is 4.73. The van der Waals surface area contributed by atoms with Crippen molar-refractivity contribution in [2.45, 2.75) is 31.9 Å². The molecule has 5 aromatic carbocycles. The lowest BCUT2D eigenvalue weighted by molar-refractivity contribution is 0.0435. The van der Waals surface area contributed by atoms with Crippen molar-refractivity contribution in [1.82, 2.24) is 5.32 Å². The first-order valence-electron chi connectivity index (χ1n) is 19.8. The number of aromatic hydroxyl groups is 3. The number of hydrogen-bond donors (Lipinski definition) is 5. The van der Waals surface area contributed by atoms with E-state index in [1.54, 1.807) is 12.1 Å². The maximum atomic E-state index is 10.6. The molecule has 6 rings (SSSR count). The molecule has 0 amide bonds. The smallest absolute Gasteiger partial charge is 0.201 e. The molecule has 1 unspecified atom stereocenters. The molecule has 0 aliphatic rings. The van der Waals surface area contributed by atoms with Gasteiger partial charge in [-0.1, -0.05) is 91.0 Å². The summed E-state index contributed by atoms with van der Waals surface area (Å²) in [5, 5.41) is 45.2. The number of nitrogens with one attached hydrogen (secondary N) is 1. The van der Waals surface area contributed by atoms with Crippen molar-refractivity contribution < 1.29 is 48.5 Å². The van der Waals surface area contributed by atoms with Crippen LogP contribution in [0.2, 0.25) is 0 Å². The van der Waals surface area contributed by atoms with Gasteiger partial charge in [0.15, 0.2) is 23.0 Å². The molecule has 0 bridgehead atoms. The van der Waals surface area contributed by atoms with E-state index >= 15 is 0 Å². The average Bonchev–Trinajstić information content (AvgIpc) is 3.25. The van der Waals surface area contributed by atoms with Crippen LogP contribution in [0, 0.1) is 0 Å². The lowest BCUT2D eigenvalue weighted by atomic mass is 10.1. The van der Waals surface area contributed by atoms with Crippen molar-refractivity contribution in [2.24, 2.45) is 4.99 Å². The molecule has 0 spiro atoms. The maximum Gasteiger partial charge on any atom is 0.201 e. The summed E-state index contributed by atoms with van der Waals surface area (Å²) in [6, 6.07) is 37.8. The second-order valence-electron chi connectivity index (χ2n) is 13.9. The highest BCUT2D eigenvalue weighted by Gasteiger charge is 2.17. The van der Waals surface area contributed by atoms with Crippen LogP contribution in [0.15, 0.2) is 131 Å². The van der Waals surface area contributed by atoms with Crippen LogP contribution in [0.1, 0.15) is 18.1 Å². The van der Waals surface area contributed by atoms with E-state index in [1.165, 1.54) is 17.2 Å². The summed E-state index contributed by atoms with van der Waals surface area (Å²) < 4.78 is 35.6. The molecule has 2 atom stereocenters. The van der Waals surface area contributed by atoms with E-state index in [9.17, 15) is 20.4 Å². The molecular weight excluding hydrogens is 753 g/mol. The van der Waals surface area contributed by atoms with Gasteiger partial charge >= 0.3 is 0 Å². The number of phenolic OH excluding ortho intramolecular Hbond substituents is 3. The van der Waals surface area contributed by atoms with Gasteiger partial charge in [0.25, 0.3) is 0 Å². The summed E-state index contributed by atoms with van der Waals surface area (Å²) >= 11 is 0.